The van der Waals surface area contributed by atoms with Gasteiger partial charge in [0.1, 0.15) is 0 Å². The molecule has 0 amide bonds. The Balaban J connectivity index is 2.83. The highest BCUT2D eigenvalue weighted by molar-refractivity contribution is 4.68. The quantitative estimate of drug-likeness (QED) is 0.390. The number of rotatable bonds is 3. The molecular weight excluding hydrogens is 92.1 g/mol. The van der Waals surface area contributed by atoms with E-state index in [9.17, 15) is 5.26 Å². The van der Waals surface area contributed by atoms with E-state index >= 15 is 0 Å². The van der Waals surface area contributed by atoms with Gasteiger partial charge in [-0.3, -0.25) is 0 Å². The monoisotopic (exact) mass is 102 g/mol. The smallest absolute Gasteiger partial charge is 0.0966 e. The van der Waals surface area contributed by atoms with Gasteiger partial charge in [0.05, 0.1) is 6.10 Å². The molecule has 2 nitrogen and oxygen atoms in total. The van der Waals surface area contributed by atoms with Gasteiger partial charge in [-0.2, -0.15) is 0 Å². The van der Waals surface area contributed by atoms with Gasteiger partial charge in [-0.1, -0.05) is 13.3 Å². The zero-order chi connectivity index (χ0) is 5.70. The van der Waals surface area contributed by atoms with Crippen LogP contribution in [0.15, 0.2) is 0 Å². The second-order valence-electron chi connectivity index (χ2n) is 1.45. The molecule has 7 heavy (non-hydrogen) atoms. The molecule has 0 aromatic heterocycles. The van der Waals surface area contributed by atoms with Gasteiger partial charge in [-0.15, -0.1) is 0 Å². The van der Waals surface area contributed by atoms with Gasteiger partial charge in [-0.05, 0) is 18.6 Å². The molecule has 42 valence electrons. The van der Waals surface area contributed by atoms with E-state index in [1.807, 2.05) is 13.3 Å². The molecule has 0 saturated heterocycles. The van der Waals surface area contributed by atoms with Crippen LogP contribution in [0, 0.1) is 6.42 Å². The fourth-order valence-electron chi connectivity index (χ4n) is 0.371. The van der Waals surface area contributed by atoms with Crippen molar-refractivity contribution in [3.8, 4) is 0 Å². The largest absolute Gasteiger partial charge is 0.200 e. The van der Waals surface area contributed by atoms with Crippen molar-refractivity contribution in [2.75, 3.05) is 0 Å². The van der Waals surface area contributed by atoms with Gasteiger partial charge in [-0.25, -0.2) is 4.89 Å². The van der Waals surface area contributed by atoms with Crippen LogP contribution in [0.5, 0.6) is 0 Å². The molecule has 0 spiro atoms. The van der Waals surface area contributed by atoms with Crippen molar-refractivity contribution in [2.45, 2.75) is 26.4 Å². The summed E-state index contributed by atoms with van der Waals surface area (Å²) in [4.78, 5) is 3.68. The van der Waals surface area contributed by atoms with Crippen molar-refractivity contribution < 1.29 is 10.1 Å². The molecule has 0 N–H and O–H groups in total. The molecule has 0 rings (SSSR count). The first-order valence-electron chi connectivity index (χ1n) is 2.43. The van der Waals surface area contributed by atoms with Gasteiger partial charge in [0.2, 0.25) is 0 Å². The Labute approximate surface area is 44.0 Å². The summed E-state index contributed by atoms with van der Waals surface area (Å²) in [5.74, 6) is 0. The first kappa shape index (κ1) is 6.92. The molecular formula is C5H10O2. The van der Waals surface area contributed by atoms with Crippen molar-refractivity contribution in [3.05, 3.63) is 6.42 Å². The SMILES string of the molecule is CC[CH]C(C)O[O]. The summed E-state index contributed by atoms with van der Waals surface area (Å²) in [6.07, 6.45) is 2.47. The second kappa shape index (κ2) is 4.09. The molecule has 0 aliphatic carbocycles. The third-order valence-corrected chi connectivity index (χ3v) is 0.719. The van der Waals surface area contributed by atoms with E-state index in [1.54, 1.807) is 6.92 Å². The highest BCUT2D eigenvalue weighted by Crippen LogP contribution is 1.95. The lowest BCUT2D eigenvalue weighted by molar-refractivity contribution is -0.324. The highest BCUT2D eigenvalue weighted by Gasteiger charge is 1.96. The van der Waals surface area contributed by atoms with Crippen LogP contribution < -0.4 is 0 Å². The summed E-state index contributed by atoms with van der Waals surface area (Å²) in [6.45, 7) is 3.69. The van der Waals surface area contributed by atoms with Crippen LogP contribution in [0.1, 0.15) is 20.3 Å². The van der Waals surface area contributed by atoms with Gasteiger partial charge in [0, 0.05) is 0 Å². The van der Waals surface area contributed by atoms with Crippen molar-refractivity contribution in [1.29, 1.82) is 0 Å². The van der Waals surface area contributed by atoms with E-state index in [0.29, 0.717) is 0 Å². The fraction of sp³-hybridized carbons (Fsp3) is 0.800. The molecule has 2 heteroatoms. The van der Waals surface area contributed by atoms with Crippen LogP contribution in [0.3, 0.4) is 0 Å². The Hall–Kier alpha value is -0.0800. The molecule has 0 aliphatic rings. The zero-order valence-electron chi connectivity index (χ0n) is 4.68. The van der Waals surface area contributed by atoms with Crippen LogP contribution in [0.4, 0.5) is 0 Å². The lowest BCUT2D eigenvalue weighted by atomic mass is 10.2. The van der Waals surface area contributed by atoms with Crippen molar-refractivity contribution in [3.63, 3.8) is 0 Å². The molecule has 0 heterocycles. The number of hydrogen-bond acceptors (Lipinski definition) is 1. The maximum Gasteiger partial charge on any atom is 0.0966 e. The van der Waals surface area contributed by atoms with Crippen LogP contribution in [0.25, 0.3) is 0 Å². The van der Waals surface area contributed by atoms with Gasteiger partial charge < -0.3 is 0 Å². The zero-order valence-corrected chi connectivity index (χ0v) is 4.68. The van der Waals surface area contributed by atoms with Crippen molar-refractivity contribution >= 4 is 0 Å². The lowest BCUT2D eigenvalue weighted by Gasteiger charge is -1.99. The Morgan fingerprint density at radius 3 is 2.57 bits per heavy atom. The average molecular weight is 102 g/mol. The van der Waals surface area contributed by atoms with Gasteiger partial charge in [0.25, 0.3) is 0 Å². The lowest BCUT2D eigenvalue weighted by Crippen LogP contribution is -2.02. The van der Waals surface area contributed by atoms with E-state index in [1.165, 1.54) is 0 Å². The summed E-state index contributed by atoms with van der Waals surface area (Å²) in [5, 5.41) is 9.49. The fourth-order valence-corrected chi connectivity index (χ4v) is 0.371. The predicted molar refractivity (Wildman–Crippen MR) is 25.8 cm³/mol. The molecule has 2 radical (unpaired) electrons. The molecule has 0 aromatic carbocycles. The summed E-state index contributed by atoms with van der Waals surface area (Å²) in [7, 11) is 0. The molecule has 1 unspecified atom stereocenters. The van der Waals surface area contributed by atoms with Crippen molar-refractivity contribution in [2.24, 2.45) is 0 Å². The van der Waals surface area contributed by atoms with E-state index in [-0.39, 0.29) is 6.10 Å². The molecule has 0 bridgehead atoms. The van der Waals surface area contributed by atoms with Crippen LogP contribution in [-0.2, 0) is 10.1 Å². The second-order valence-corrected chi connectivity index (χ2v) is 1.45. The van der Waals surface area contributed by atoms with Crippen molar-refractivity contribution in [1.82, 2.24) is 0 Å². The topological polar surface area (TPSA) is 29.1 Å². The van der Waals surface area contributed by atoms with Crippen LogP contribution in [0.2, 0.25) is 0 Å². The Bertz CT molecular complexity index is 37.1. The summed E-state index contributed by atoms with van der Waals surface area (Å²) in [5.41, 5.74) is 0. The number of hydrogen-bond donors (Lipinski definition) is 0. The maximum absolute atomic E-state index is 9.49. The van der Waals surface area contributed by atoms with E-state index in [4.69, 9.17) is 0 Å². The first-order valence-corrected chi connectivity index (χ1v) is 2.43. The third kappa shape index (κ3) is 3.76. The standard InChI is InChI=1S/C5H10O2/c1-3-4-5(2)7-6/h4-5H,3H2,1-2H3. The average Bonchev–Trinajstić information content (AvgIpc) is 1.68. The normalized spacial score (nSPS) is 14.1. The molecule has 0 aliphatic heterocycles. The minimum absolute atomic E-state index is 0.231. The maximum atomic E-state index is 9.49. The van der Waals surface area contributed by atoms with E-state index < -0.39 is 0 Å². The van der Waals surface area contributed by atoms with Gasteiger partial charge in [0.15, 0.2) is 0 Å². The third-order valence-electron chi connectivity index (χ3n) is 0.719. The van der Waals surface area contributed by atoms with E-state index in [2.05, 4.69) is 4.89 Å². The van der Waals surface area contributed by atoms with E-state index in [0.717, 1.165) is 6.42 Å². The van der Waals surface area contributed by atoms with Crippen LogP contribution >= 0.6 is 0 Å². The Kier molecular flexibility index (Phi) is 4.04. The molecule has 0 saturated carbocycles. The predicted octanol–water partition coefficient (Wildman–Crippen LogP) is 1.35. The Morgan fingerprint density at radius 1 is 1.86 bits per heavy atom. The first-order chi connectivity index (χ1) is 3.31. The molecule has 0 fully saturated rings. The molecule has 0 aromatic rings. The summed E-state index contributed by atoms with van der Waals surface area (Å²) < 4.78 is 0. The highest BCUT2D eigenvalue weighted by atomic mass is 17.1. The molecule has 1 atom stereocenters. The summed E-state index contributed by atoms with van der Waals surface area (Å²) in [6, 6.07) is 0. The van der Waals surface area contributed by atoms with Crippen LogP contribution in [-0.4, -0.2) is 6.10 Å². The summed E-state index contributed by atoms with van der Waals surface area (Å²) >= 11 is 0. The minimum atomic E-state index is -0.231. The Morgan fingerprint density at radius 2 is 2.43 bits per heavy atom. The minimum Gasteiger partial charge on any atom is -0.200 e. The van der Waals surface area contributed by atoms with Gasteiger partial charge >= 0.3 is 0 Å².